The van der Waals surface area contributed by atoms with Gasteiger partial charge in [-0.2, -0.15) is 5.10 Å². The summed E-state index contributed by atoms with van der Waals surface area (Å²) in [4.78, 5) is 23.4. The van der Waals surface area contributed by atoms with Crippen LogP contribution in [0, 0.1) is 6.92 Å². The average Bonchev–Trinajstić information content (AvgIpc) is 3.33. The van der Waals surface area contributed by atoms with E-state index in [4.69, 9.17) is 4.98 Å². The fraction of sp³-hybridized carbons (Fsp3) is 0.476. The predicted molar refractivity (Wildman–Crippen MR) is 104 cm³/mol. The Morgan fingerprint density at radius 2 is 2.11 bits per heavy atom. The summed E-state index contributed by atoms with van der Waals surface area (Å²) in [6.07, 6.45) is 6.36. The van der Waals surface area contributed by atoms with Gasteiger partial charge in [0.25, 0.3) is 5.91 Å². The van der Waals surface area contributed by atoms with Gasteiger partial charge in [-0.3, -0.25) is 9.89 Å². The number of nitrogens with one attached hydrogen (secondary N) is 2. The van der Waals surface area contributed by atoms with Crippen molar-refractivity contribution in [3.63, 3.8) is 0 Å². The second kappa shape index (κ2) is 6.51. The van der Waals surface area contributed by atoms with Crippen molar-refractivity contribution < 1.29 is 4.79 Å². The topological polar surface area (TPSA) is 77.7 Å². The molecule has 0 bridgehead atoms. The van der Waals surface area contributed by atoms with Gasteiger partial charge in [-0.15, -0.1) is 0 Å². The molecule has 1 saturated heterocycles. The van der Waals surface area contributed by atoms with Crippen LogP contribution in [0.1, 0.15) is 64.7 Å². The fourth-order valence-electron chi connectivity index (χ4n) is 4.58. The molecule has 1 fully saturated rings. The maximum Gasteiger partial charge on any atom is 0.274 e. The van der Waals surface area contributed by atoms with Gasteiger partial charge in [-0.25, -0.2) is 4.98 Å². The number of imidazole rings is 1. The van der Waals surface area contributed by atoms with Crippen molar-refractivity contribution in [3.05, 3.63) is 46.5 Å². The van der Waals surface area contributed by atoms with Gasteiger partial charge in [0.15, 0.2) is 5.69 Å². The maximum absolute atomic E-state index is 13.1. The molecular weight excluding hydrogens is 338 g/mol. The number of rotatable bonds is 2. The Kier molecular flexibility index (Phi) is 3.99. The number of amides is 1. The Morgan fingerprint density at radius 1 is 1.22 bits per heavy atom. The predicted octanol–water partition coefficient (Wildman–Crippen LogP) is 3.49. The number of likely N-dealkylation sites (tertiary alicyclic amines) is 1. The maximum atomic E-state index is 13.1. The van der Waals surface area contributed by atoms with E-state index in [9.17, 15) is 4.79 Å². The number of piperidine rings is 1. The summed E-state index contributed by atoms with van der Waals surface area (Å²) in [6, 6.07) is 6.21. The summed E-state index contributed by atoms with van der Waals surface area (Å²) in [5, 5.41) is 7.47. The van der Waals surface area contributed by atoms with Crippen LogP contribution in [-0.2, 0) is 12.8 Å². The summed E-state index contributed by atoms with van der Waals surface area (Å²) >= 11 is 0. The van der Waals surface area contributed by atoms with E-state index in [0.29, 0.717) is 12.2 Å². The van der Waals surface area contributed by atoms with E-state index < -0.39 is 0 Å². The van der Waals surface area contributed by atoms with Gasteiger partial charge >= 0.3 is 0 Å². The lowest BCUT2D eigenvalue weighted by atomic mass is 9.94. The minimum Gasteiger partial charge on any atom is -0.342 e. The number of H-pyrrole nitrogens is 2. The highest BCUT2D eigenvalue weighted by atomic mass is 16.2. The number of nitrogens with zero attached hydrogens (tertiary/aromatic N) is 3. The third-order valence-electron chi connectivity index (χ3n) is 6.09. The largest absolute Gasteiger partial charge is 0.342 e. The van der Waals surface area contributed by atoms with E-state index in [1.807, 2.05) is 4.90 Å². The van der Waals surface area contributed by atoms with Gasteiger partial charge in [0.2, 0.25) is 0 Å². The van der Waals surface area contributed by atoms with Crippen LogP contribution < -0.4 is 0 Å². The molecule has 0 spiro atoms. The molecule has 27 heavy (non-hydrogen) atoms. The van der Waals surface area contributed by atoms with Crippen LogP contribution in [0.2, 0.25) is 0 Å². The number of aryl methyl sites for hydroxylation is 2. The minimum absolute atomic E-state index is 0.0754. The monoisotopic (exact) mass is 363 g/mol. The molecule has 140 valence electrons. The molecule has 2 N–H and O–H groups in total. The lowest BCUT2D eigenvalue weighted by Crippen LogP contribution is -2.40. The first-order chi connectivity index (χ1) is 13.2. The van der Waals surface area contributed by atoms with E-state index in [0.717, 1.165) is 66.8 Å². The number of fused-ring (bicyclic) bond motifs is 2. The molecule has 5 rings (SSSR count). The Labute approximate surface area is 158 Å². The molecule has 1 atom stereocenters. The molecule has 6 nitrogen and oxygen atoms in total. The molecule has 6 heteroatoms. The van der Waals surface area contributed by atoms with Crippen molar-refractivity contribution in [1.82, 2.24) is 25.1 Å². The molecule has 3 aromatic rings. The second-order valence-corrected chi connectivity index (χ2v) is 7.92. The number of hydrogen-bond donors (Lipinski definition) is 2. The smallest absolute Gasteiger partial charge is 0.274 e. The van der Waals surface area contributed by atoms with Gasteiger partial charge in [0.05, 0.1) is 11.0 Å². The van der Waals surface area contributed by atoms with E-state index in [-0.39, 0.29) is 11.8 Å². The SMILES string of the molecule is Cc1cccc2[nH]c(C3CCCN(C(=O)c4n[nH]c5c4CCCC5)C3)nc12. The summed E-state index contributed by atoms with van der Waals surface area (Å²) in [5.74, 6) is 1.33. The normalized spacial score (nSPS) is 20.0. The zero-order valence-corrected chi connectivity index (χ0v) is 15.7. The quantitative estimate of drug-likeness (QED) is 0.731. The average molecular weight is 363 g/mol. The van der Waals surface area contributed by atoms with Gasteiger partial charge in [0.1, 0.15) is 5.82 Å². The molecular formula is C21H25N5O. The molecule has 1 aliphatic heterocycles. The number of aromatic nitrogens is 4. The van der Waals surface area contributed by atoms with Gasteiger partial charge in [-0.1, -0.05) is 12.1 Å². The number of aromatic amines is 2. The first-order valence-electron chi connectivity index (χ1n) is 10.0. The summed E-state index contributed by atoms with van der Waals surface area (Å²) in [6.45, 7) is 3.60. The third kappa shape index (κ3) is 2.83. The standard InChI is InChI=1S/C21H25N5O/c1-13-6-4-10-17-18(13)23-20(22-17)14-7-5-11-26(12-14)21(27)19-15-8-2-3-9-16(15)24-25-19/h4,6,10,14H,2-3,5,7-9,11-12H2,1H3,(H,22,23)(H,24,25). The van der Waals surface area contributed by atoms with E-state index in [1.54, 1.807) is 0 Å². The number of hydrogen-bond acceptors (Lipinski definition) is 3. The van der Waals surface area contributed by atoms with Gasteiger partial charge < -0.3 is 9.88 Å². The van der Waals surface area contributed by atoms with Crippen LogP contribution in [0.15, 0.2) is 18.2 Å². The zero-order chi connectivity index (χ0) is 18.4. The lowest BCUT2D eigenvalue weighted by Gasteiger charge is -2.31. The summed E-state index contributed by atoms with van der Waals surface area (Å²) in [5.41, 5.74) is 6.25. The van der Waals surface area contributed by atoms with E-state index >= 15 is 0 Å². The number of benzene rings is 1. The van der Waals surface area contributed by atoms with Crippen LogP contribution in [0.4, 0.5) is 0 Å². The van der Waals surface area contributed by atoms with Crippen molar-refractivity contribution in [2.45, 2.75) is 51.4 Å². The summed E-state index contributed by atoms with van der Waals surface area (Å²) < 4.78 is 0. The molecule has 3 heterocycles. The van der Waals surface area contributed by atoms with Crippen molar-refractivity contribution in [2.75, 3.05) is 13.1 Å². The molecule has 1 unspecified atom stereocenters. The molecule has 0 radical (unpaired) electrons. The zero-order valence-electron chi connectivity index (χ0n) is 15.7. The Morgan fingerprint density at radius 3 is 3.00 bits per heavy atom. The molecule has 2 aliphatic rings. The number of carbonyl (C=O) groups is 1. The first kappa shape index (κ1) is 16.5. The highest BCUT2D eigenvalue weighted by Gasteiger charge is 2.31. The van der Waals surface area contributed by atoms with Crippen LogP contribution in [0.3, 0.4) is 0 Å². The molecule has 1 aromatic carbocycles. The third-order valence-corrected chi connectivity index (χ3v) is 6.09. The van der Waals surface area contributed by atoms with Gasteiger partial charge in [-0.05, 0) is 57.1 Å². The van der Waals surface area contributed by atoms with E-state index in [1.165, 1.54) is 12.0 Å². The molecule has 2 aromatic heterocycles. The van der Waals surface area contributed by atoms with Crippen molar-refractivity contribution >= 4 is 16.9 Å². The highest BCUT2D eigenvalue weighted by molar-refractivity contribution is 5.94. The Hall–Kier alpha value is -2.63. The number of carbonyl (C=O) groups excluding carboxylic acids is 1. The second-order valence-electron chi connectivity index (χ2n) is 7.92. The highest BCUT2D eigenvalue weighted by Crippen LogP contribution is 2.29. The first-order valence-corrected chi connectivity index (χ1v) is 10.0. The summed E-state index contributed by atoms with van der Waals surface area (Å²) in [7, 11) is 0. The lowest BCUT2D eigenvalue weighted by molar-refractivity contribution is 0.0697. The van der Waals surface area contributed by atoms with Crippen LogP contribution in [-0.4, -0.2) is 44.1 Å². The van der Waals surface area contributed by atoms with Crippen LogP contribution >= 0.6 is 0 Å². The Balaban J connectivity index is 1.39. The molecule has 0 saturated carbocycles. The van der Waals surface area contributed by atoms with Crippen molar-refractivity contribution in [1.29, 1.82) is 0 Å². The minimum atomic E-state index is 0.0754. The van der Waals surface area contributed by atoms with Crippen LogP contribution in [0.5, 0.6) is 0 Å². The number of para-hydroxylation sites is 1. The fourth-order valence-corrected chi connectivity index (χ4v) is 4.58. The van der Waals surface area contributed by atoms with Gasteiger partial charge in [0, 0.05) is 30.3 Å². The van der Waals surface area contributed by atoms with Crippen LogP contribution in [0.25, 0.3) is 11.0 Å². The van der Waals surface area contributed by atoms with Crippen molar-refractivity contribution in [3.8, 4) is 0 Å². The molecule has 1 amide bonds. The molecule has 1 aliphatic carbocycles. The van der Waals surface area contributed by atoms with Crippen molar-refractivity contribution in [2.24, 2.45) is 0 Å². The van der Waals surface area contributed by atoms with E-state index in [2.05, 4.69) is 40.3 Å². The Bertz CT molecular complexity index is 1000.